The van der Waals surface area contributed by atoms with Gasteiger partial charge in [0.25, 0.3) is 17.5 Å². The Labute approximate surface area is 141 Å². The van der Waals surface area contributed by atoms with Crippen LogP contribution in [0.4, 0.5) is 11.7 Å². The molecule has 126 valence electrons. The Morgan fingerprint density at radius 3 is 2.56 bits per heavy atom. The Morgan fingerprint density at radius 1 is 1.16 bits per heavy atom. The van der Waals surface area contributed by atoms with Gasteiger partial charge in [0.15, 0.2) is 0 Å². The molecule has 0 spiro atoms. The number of nitro benzene ring substituents is 1. The fraction of sp³-hybridized carbons (Fsp3) is 0.0625. The number of amides is 1. The molecule has 0 aliphatic carbocycles. The summed E-state index contributed by atoms with van der Waals surface area (Å²) in [7, 11) is 1.53. The Kier molecular flexibility index (Phi) is 4.38. The third-order valence-electron chi connectivity index (χ3n) is 3.33. The van der Waals surface area contributed by atoms with Crippen molar-refractivity contribution in [2.75, 3.05) is 12.4 Å². The number of ether oxygens (including phenoxy) is 1. The summed E-state index contributed by atoms with van der Waals surface area (Å²) in [5.41, 5.74) is 0.371. The van der Waals surface area contributed by atoms with E-state index in [1.807, 2.05) is 0 Å². The van der Waals surface area contributed by atoms with Gasteiger partial charge < -0.3 is 9.15 Å². The van der Waals surface area contributed by atoms with Crippen LogP contribution in [0.1, 0.15) is 10.4 Å². The largest absolute Gasteiger partial charge is 0.497 e. The number of hydrogen-bond donors (Lipinski definition) is 1. The van der Waals surface area contributed by atoms with E-state index in [4.69, 9.17) is 9.15 Å². The van der Waals surface area contributed by atoms with Gasteiger partial charge in [-0.1, -0.05) is 17.2 Å². The molecule has 0 atom stereocenters. The highest BCUT2D eigenvalue weighted by molar-refractivity contribution is 6.03. The number of carbonyl (C=O) groups is 1. The molecule has 1 N–H and O–H groups in total. The van der Waals surface area contributed by atoms with Crippen LogP contribution >= 0.6 is 0 Å². The van der Waals surface area contributed by atoms with E-state index >= 15 is 0 Å². The van der Waals surface area contributed by atoms with Crippen molar-refractivity contribution in [1.82, 2.24) is 10.2 Å². The number of nitro groups is 1. The summed E-state index contributed by atoms with van der Waals surface area (Å²) in [6, 6.07) is 12.2. The molecule has 9 heteroatoms. The van der Waals surface area contributed by atoms with Crippen molar-refractivity contribution in [1.29, 1.82) is 0 Å². The van der Waals surface area contributed by atoms with E-state index in [0.29, 0.717) is 11.3 Å². The van der Waals surface area contributed by atoms with Gasteiger partial charge in [-0.25, -0.2) is 0 Å². The van der Waals surface area contributed by atoms with Crippen LogP contribution in [0.15, 0.2) is 52.9 Å². The summed E-state index contributed by atoms with van der Waals surface area (Å²) >= 11 is 0. The van der Waals surface area contributed by atoms with Crippen molar-refractivity contribution in [2.45, 2.75) is 0 Å². The van der Waals surface area contributed by atoms with E-state index in [0.717, 1.165) is 0 Å². The molecule has 3 rings (SSSR count). The predicted octanol–water partition coefficient (Wildman–Crippen LogP) is 2.91. The maximum Gasteiger partial charge on any atom is 0.322 e. The first-order valence-electron chi connectivity index (χ1n) is 7.11. The van der Waals surface area contributed by atoms with E-state index in [9.17, 15) is 14.9 Å². The van der Waals surface area contributed by atoms with E-state index in [1.54, 1.807) is 30.3 Å². The number of nitrogens with zero attached hydrogens (tertiary/aromatic N) is 3. The summed E-state index contributed by atoms with van der Waals surface area (Å²) in [4.78, 5) is 22.7. The molecule has 0 aliphatic heterocycles. The minimum Gasteiger partial charge on any atom is -0.497 e. The average Bonchev–Trinajstić information content (AvgIpc) is 3.10. The second-order valence-electron chi connectivity index (χ2n) is 4.87. The fourth-order valence-corrected chi connectivity index (χ4v) is 2.11. The van der Waals surface area contributed by atoms with Crippen molar-refractivity contribution < 1.29 is 18.9 Å². The van der Waals surface area contributed by atoms with Gasteiger partial charge in [0.1, 0.15) is 11.3 Å². The van der Waals surface area contributed by atoms with Crippen LogP contribution in [0.5, 0.6) is 5.75 Å². The van der Waals surface area contributed by atoms with Crippen LogP contribution in [-0.2, 0) is 0 Å². The summed E-state index contributed by atoms with van der Waals surface area (Å²) in [6.45, 7) is 0. The number of methoxy groups -OCH3 is 1. The molecule has 0 fully saturated rings. The van der Waals surface area contributed by atoms with Gasteiger partial charge >= 0.3 is 6.01 Å². The maximum absolute atomic E-state index is 12.1. The van der Waals surface area contributed by atoms with Gasteiger partial charge in [-0.3, -0.25) is 20.2 Å². The molecule has 0 saturated carbocycles. The van der Waals surface area contributed by atoms with Crippen LogP contribution in [0.25, 0.3) is 11.5 Å². The van der Waals surface area contributed by atoms with Crippen molar-refractivity contribution in [2.24, 2.45) is 0 Å². The lowest BCUT2D eigenvalue weighted by Crippen LogP contribution is -2.11. The molecule has 0 unspecified atom stereocenters. The van der Waals surface area contributed by atoms with Crippen molar-refractivity contribution in [3.8, 4) is 17.2 Å². The Hall–Kier alpha value is -3.75. The van der Waals surface area contributed by atoms with Crippen LogP contribution in [0.2, 0.25) is 0 Å². The summed E-state index contributed by atoms with van der Waals surface area (Å²) < 4.78 is 10.3. The molecule has 3 aromatic rings. The molecule has 9 nitrogen and oxygen atoms in total. The highest BCUT2D eigenvalue weighted by Crippen LogP contribution is 2.29. The number of nitrogens with one attached hydrogen (secondary N) is 1. The first kappa shape index (κ1) is 16.1. The minimum absolute atomic E-state index is 0.0580. The molecule has 0 aliphatic rings. The minimum atomic E-state index is -0.546. The highest BCUT2D eigenvalue weighted by Gasteiger charge is 2.20. The third-order valence-corrected chi connectivity index (χ3v) is 3.33. The predicted molar refractivity (Wildman–Crippen MR) is 87.3 cm³/mol. The fourth-order valence-electron chi connectivity index (χ4n) is 2.11. The van der Waals surface area contributed by atoms with Gasteiger partial charge in [0.2, 0.25) is 0 Å². The van der Waals surface area contributed by atoms with Crippen LogP contribution in [0, 0.1) is 10.1 Å². The van der Waals surface area contributed by atoms with Crippen LogP contribution in [-0.4, -0.2) is 28.1 Å². The molecule has 0 saturated heterocycles. The summed E-state index contributed by atoms with van der Waals surface area (Å²) in [6.07, 6.45) is 0. The van der Waals surface area contributed by atoms with Gasteiger partial charge in [0, 0.05) is 11.6 Å². The number of anilines is 1. The topological polar surface area (TPSA) is 120 Å². The monoisotopic (exact) mass is 340 g/mol. The lowest BCUT2D eigenvalue weighted by atomic mass is 10.2. The van der Waals surface area contributed by atoms with Crippen LogP contribution in [0.3, 0.4) is 0 Å². The molecular weight excluding hydrogens is 328 g/mol. The second kappa shape index (κ2) is 6.79. The number of carbonyl (C=O) groups excluding carboxylic acids is 1. The smallest absolute Gasteiger partial charge is 0.322 e. The number of para-hydroxylation sites is 1. The zero-order valence-electron chi connectivity index (χ0n) is 13.0. The van der Waals surface area contributed by atoms with Crippen molar-refractivity contribution >= 4 is 17.6 Å². The Bertz CT molecular complexity index is 920. The molecule has 1 aromatic heterocycles. The second-order valence-corrected chi connectivity index (χ2v) is 4.87. The standard InChI is InChI=1S/C16H12N4O5/c1-24-11-8-6-10(7-9-11)14(21)17-16-19-18-15(25-16)12-4-2-3-5-13(12)20(22)23/h2-9H,1H3,(H,17,19,21). The zero-order chi connectivity index (χ0) is 17.8. The quantitative estimate of drug-likeness (QED) is 0.560. The summed E-state index contributed by atoms with van der Waals surface area (Å²) in [5.74, 6) is 0.103. The maximum atomic E-state index is 12.1. The first-order chi connectivity index (χ1) is 12.1. The lowest BCUT2D eigenvalue weighted by Gasteiger charge is -2.02. The van der Waals surface area contributed by atoms with E-state index < -0.39 is 10.8 Å². The van der Waals surface area contributed by atoms with Gasteiger partial charge in [-0.05, 0) is 30.3 Å². The van der Waals surface area contributed by atoms with Crippen molar-refractivity contribution in [3.05, 3.63) is 64.2 Å². The molecular formula is C16H12N4O5. The number of rotatable bonds is 5. The first-order valence-corrected chi connectivity index (χ1v) is 7.11. The van der Waals surface area contributed by atoms with Crippen LogP contribution < -0.4 is 10.1 Å². The normalized spacial score (nSPS) is 10.3. The Morgan fingerprint density at radius 2 is 1.88 bits per heavy atom. The van der Waals surface area contributed by atoms with E-state index in [1.165, 1.54) is 25.3 Å². The third kappa shape index (κ3) is 3.44. The molecule has 0 radical (unpaired) electrons. The van der Waals surface area contributed by atoms with Gasteiger partial charge in [-0.15, -0.1) is 5.10 Å². The average molecular weight is 340 g/mol. The molecule has 1 heterocycles. The molecule has 0 bridgehead atoms. The Balaban J connectivity index is 1.80. The van der Waals surface area contributed by atoms with E-state index in [2.05, 4.69) is 15.5 Å². The van der Waals surface area contributed by atoms with Crippen molar-refractivity contribution in [3.63, 3.8) is 0 Å². The number of aromatic nitrogens is 2. The van der Waals surface area contributed by atoms with E-state index in [-0.39, 0.29) is 23.2 Å². The zero-order valence-corrected chi connectivity index (χ0v) is 13.0. The molecule has 1 amide bonds. The number of hydrogen-bond acceptors (Lipinski definition) is 7. The SMILES string of the molecule is COc1ccc(C(=O)Nc2nnc(-c3ccccc3[N+](=O)[O-])o2)cc1. The lowest BCUT2D eigenvalue weighted by molar-refractivity contribution is -0.384. The summed E-state index contributed by atoms with van der Waals surface area (Å²) in [5, 5.41) is 20.9. The van der Waals surface area contributed by atoms with Gasteiger partial charge in [-0.2, -0.15) is 0 Å². The van der Waals surface area contributed by atoms with Gasteiger partial charge in [0.05, 0.1) is 12.0 Å². The molecule has 25 heavy (non-hydrogen) atoms. The highest BCUT2D eigenvalue weighted by atomic mass is 16.6. The molecule has 2 aromatic carbocycles. The number of benzene rings is 2.